The van der Waals surface area contributed by atoms with E-state index in [-0.39, 0.29) is 15.6 Å². The molecule has 1 aromatic carbocycles. The van der Waals surface area contributed by atoms with Gasteiger partial charge in [-0.1, -0.05) is 11.6 Å². The normalized spacial score (nSPS) is 21.1. The van der Waals surface area contributed by atoms with Crippen LogP contribution in [-0.2, 0) is 20.0 Å². The highest BCUT2D eigenvalue weighted by Gasteiger charge is 2.31. The first-order valence-electron chi connectivity index (χ1n) is 5.45. The van der Waals surface area contributed by atoms with Gasteiger partial charge in [-0.05, 0) is 19.2 Å². The second-order valence-electron chi connectivity index (χ2n) is 4.20. The number of halogens is 1. The molecule has 0 radical (unpaired) electrons. The Balaban J connectivity index is 2.61. The number of sulfonamides is 2. The van der Waals surface area contributed by atoms with Gasteiger partial charge in [0.05, 0.1) is 10.7 Å². The van der Waals surface area contributed by atoms with E-state index in [9.17, 15) is 16.8 Å². The van der Waals surface area contributed by atoms with Crippen molar-refractivity contribution in [2.45, 2.75) is 16.0 Å². The Labute approximate surface area is 121 Å². The fourth-order valence-electron chi connectivity index (χ4n) is 1.85. The van der Waals surface area contributed by atoms with Crippen molar-refractivity contribution in [1.82, 2.24) is 10.0 Å². The Morgan fingerprint density at radius 1 is 1.45 bits per heavy atom. The Kier molecular flexibility index (Phi) is 3.97. The highest BCUT2D eigenvalue weighted by molar-refractivity contribution is 7.90. The van der Waals surface area contributed by atoms with Crippen LogP contribution >= 0.6 is 11.6 Å². The van der Waals surface area contributed by atoms with Crippen molar-refractivity contribution in [2.75, 3.05) is 18.9 Å². The smallest absolute Gasteiger partial charge is 0.244 e. The summed E-state index contributed by atoms with van der Waals surface area (Å²) >= 11 is 5.83. The molecular formula is C9H13ClN4O4S2. The average Bonchev–Trinajstić information content (AvgIpc) is 2.25. The first-order chi connectivity index (χ1) is 9.15. The molecule has 112 valence electrons. The minimum absolute atomic E-state index is 0.140. The molecule has 0 amide bonds. The second kappa shape index (κ2) is 5.13. The predicted molar refractivity (Wildman–Crippen MR) is 74.5 cm³/mol. The summed E-state index contributed by atoms with van der Waals surface area (Å²) in [4.78, 5) is -0.643. The minimum atomic E-state index is -4.11. The van der Waals surface area contributed by atoms with Gasteiger partial charge in [0.1, 0.15) is 16.0 Å². The second-order valence-corrected chi connectivity index (χ2v) is 7.82. The van der Waals surface area contributed by atoms with E-state index in [0.717, 1.165) is 6.07 Å². The van der Waals surface area contributed by atoms with Crippen molar-refractivity contribution in [1.29, 1.82) is 0 Å². The third-order valence-electron chi connectivity index (χ3n) is 2.67. The number of fused-ring (bicyclic) bond motifs is 1. The minimum Gasteiger partial charge on any atom is -0.367 e. The fourth-order valence-corrected chi connectivity index (χ4v) is 4.35. The first kappa shape index (κ1) is 15.5. The third-order valence-corrected chi connectivity index (χ3v) is 5.55. The van der Waals surface area contributed by atoms with E-state index in [0.29, 0.717) is 6.54 Å². The SMILES string of the molecule is CNCC1Nc2cc(Cl)c(S(N)(=O)=O)cc2S(=O)(=O)N1. The molecule has 1 unspecified atom stereocenters. The van der Waals surface area contributed by atoms with Crippen LogP contribution in [0, 0.1) is 0 Å². The number of rotatable bonds is 3. The van der Waals surface area contributed by atoms with E-state index in [1.54, 1.807) is 7.05 Å². The van der Waals surface area contributed by atoms with E-state index in [1.165, 1.54) is 6.07 Å². The molecule has 0 aromatic heterocycles. The van der Waals surface area contributed by atoms with Gasteiger partial charge in [-0.15, -0.1) is 0 Å². The largest absolute Gasteiger partial charge is 0.367 e. The Morgan fingerprint density at radius 2 is 2.10 bits per heavy atom. The maximum Gasteiger partial charge on any atom is 0.244 e. The van der Waals surface area contributed by atoms with Gasteiger partial charge in [0, 0.05) is 6.54 Å². The monoisotopic (exact) mass is 340 g/mol. The number of likely N-dealkylation sites (N-methyl/N-ethyl adjacent to an activating group) is 1. The lowest BCUT2D eigenvalue weighted by Gasteiger charge is -2.28. The molecule has 2 rings (SSSR count). The predicted octanol–water partition coefficient (Wildman–Crippen LogP) is -0.763. The van der Waals surface area contributed by atoms with Gasteiger partial charge in [0.15, 0.2) is 0 Å². The van der Waals surface area contributed by atoms with Gasteiger partial charge in [0.25, 0.3) is 0 Å². The number of nitrogens with two attached hydrogens (primary N) is 1. The molecule has 1 atom stereocenters. The van der Waals surface area contributed by atoms with Crippen molar-refractivity contribution >= 4 is 37.3 Å². The fraction of sp³-hybridized carbons (Fsp3) is 0.333. The lowest BCUT2D eigenvalue weighted by Crippen LogP contribution is -2.49. The highest BCUT2D eigenvalue weighted by Crippen LogP contribution is 2.33. The summed E-state index contributed by atoms with van der Waals surface area (Å²) in [5.41, 5.74) is 0.224. The van der Waals surface area contributed by atoms with E-state index in [2.05, 4.69) is 15.4 Å². The summed E-state index contributed by atoms with van der Waals surface area (Å²) in [5.74, 6) is 0. The number of primary sulfonamides is 1. The average molecular weight is 341 g/mol. The molecule has 11 heteroatoms. The van der Waals surface area contributed by atoms with E-state index in [1.807, 2.05) is 0 Å². The molecule has 0 spiro atoms. The standard InChI is InChI=1S/C9H13ClN4O4S2/c1-12-4-9-13-6-2-5(10)7(19(11,15)16)3-8(6)20(17,18)14-9/h2-3,9,12-14H,4H2,1H3,(H2,11,15,16). The number of nitrogens with one attached hydrogen (secondary N) is 3. The van der Waals surface area contributed by atoms with Crippen molar-refractivity contribution in [3.63, 3.8) is 0 Å². The molecule has 0 saturated heterocycles. The zero-order chi connectivity index (χ0) is 15.1. The maximum atomic E-state index is 12.1. The maximum absolute atomic E-state index is 12.1. The molecule has 0 bridgehead atoms. The van der Waals surface area contributed by atoms with E-state index in [4.69, 9.17) is 16.7 Å². The van der Waals surface area contributed by atoms with Crippen LogP contribution in [0.2, 0.25) is 5.02 Å². The van der Waals surface area contributed by atoms with Gasteiger partial charge in [-0.3, -0.25) is 0 Å². The lowest BCUT2D eigenvalue weighted by atomic mass is 10.3. The number of anilines is 1. The number of hydrogen-bond donors (Lipinski definition) is 4. The molecule has 1 aromatic rings. The first-order valence-corrected chi connectivity index (χ1v) is 8.86. The zero-order valence-electron chi connectivity index (χ0n) is 10.3. The topological polar surface area (TPSA) is 130 Å². The summed E-state index contributed by atoms with van der Waals surface area (Å²) in [6.07, 6.45) is -0.561. The molecule has 1 aliphatic rings. The van der Waals surface area contributed by atoms with Crippen LogP contribution in [-0.4, -0.2) is 36.6 Å². The quantitative estimate of drug-likeness (QED) is 0.572. The number of benzene rings is 1. The summed E-state index contributed by atoms with van der Waals surface area (Å²) in [6, 6.07) is 2.18. The summed E-state index contributed by atoms with van der Waals surface area (Å²) in [5, 5.41) is 10.6. The molecule has 5 N–H and O–H groups in total. The lowest BCUT2D eigenvalue weighted by molar-refractivity contribution is 0.546. The third kappa shape index (κ3) is 2.90. The summed E-state index contributed by atoms with van der Waals surface area (Å²) < 4.78 is 49.3. The zero-order valence-corrected chi connectivity index (χ0v) is 12.7. The van der Waals surface area contributed by atoms with Crippen LogP contribution in [0.5, 0.6) is 0 Å². The van der Waals surface area contributed by atoms with Crippen molar-refractivity contribution in [2.24, 2.45) is 5.14 Å². The van der Waals surface area contributed by atoms with Crippen LogP contribution in [0.25, 0.3) is 0 Å². The van der Waals surface area contributed by atoms with Crippen LogP contribution in [0.4, 0.5) is 5.69 Å². The van der Waals surface area contributed by atoms with Crippen LogP contribution in [0.1, 0.15) is 0 Å². The van der Waals surface area contributed by atoms with Crippen molar-refractivity contribution < 1.29 is 16.8 Å². The van der Waals surface area contributed by atoms with Gasteiger partial charge in [-0.2, -0.15) is 4.72 Å². The Bertz CT molecular complexity index is 747. The highest BCUT2D eigenvalue weighted by atomic mass is 35.5. The van der Waals surface area contributed by atoms with Crippen LogP contribution in [0.3, 0.4) is 0 Å². The van der Waals surface area contributed by atoms with Crippen molar-refractivity contribution in [3.8, 4) is 0 Å². The summed E-state index contributed by atoms with van der Waals surface area (Å²) in [7, 11) is -6.28. The molecule has 0 fully saturated rings. The van der Waals surface area contributed by atoms with Crippen LogP contribution < -0.4 is 20.5 Å². The van der Waals surface area contributed by atoms with Gasteiger partial charge in [-0.25, -0.2) is 22.0 Å². The molecule has 8 nitrogen and oxygen atoms in total. The van der Waals surface area contributed by atoms with Gasteiger partial charge >= 0.3 is 0 Å². The molecule has 0 aliphatic carbocycles. The number of hydrogen-bond acceptors (Lipinski definition) is 6. The summed E-state index contributed by atoms with van der Waals surface area (Å²) in [6.45, 7) is 0.341. The van der Waals surface area contributed by atoms with Gasteiger partial charge in [0.2, 0.25) is 20.0 Å². The Hall–Kier alpha value is -0.910. The van der Waals surface area contributed by atoms with E-state index < -0.39 is 31.1 Å². The Morgan fingerprint density at radius 3 is 2.65 bits per heavy atom. The molecule has 20 heavy (non-hydrogen) atoms. The molecule has 1 heterocycles. The van der Waals surface area contributed by atoms with Gasteiger partial charge < -0.3 is 10.6 Å². The molecular weight excluding hydrogens is 328 g/mol. The van der Waals surface area contributed by atoms with Crippen molar-refractivity contribution in [3.05, 3.63) is 17.2 Å². The van der Waals surface area contributed by atoms with E-state index >= 15 is 0 Å². The van der Waals surface area contributed by atoms with Crippen LogP contribution in [0.15, 0.2) is 21.9 Å². The molecule has 0 saturated carbocycles. The molecule has 1 aliphatic heterocycles.